The first-order valence-electron chi connectivity index (χ1n) is 6.74. The van der Waals surface area contributed by atoms with Crippen LogP contribution >= 0.6 is 11.6 Å². The predicted octanol–water partition coefficient (Wildman–Crippen LogP) is 3.86. The molecule has 0 saturated carbocycles. The van der Waals surface area contributed by atoms with Gasteiger partial charge in [0.05, 0.1) is 10.7 Å². The van der Waals surface area contributed by atoms with Gasteiger partial charge in [-0.2, -0.15) is 5.10 Å². The minimum Gasteiger partial charge on any atom is -0.383 e. The van der Waals surface area contributed by atoms with Gasteiger partial charge in [-0.1, -0.05) is 31.5 Å². The molecular weight excluding hydrogens is 277 g/mol. The average Bonchev–Trinajstić information content (AvgIpc) is 2.67. The first-order chi connectivity index (χ1) is 9.42. The average molecular weight is 294 g/mol. The summed E-state index contributed by atoms with van der Waals surface area (Å²) in [6.45, 7) is 4.30. The summed E-state index contributed by atoms with van der Waals surface area (Å²) in [6, 6.07) is 4.59. The third-order valence-electron chi connectivity index (χ3n) is 4.04. The number of nitrogens with two attached hydrogens (primary N) is 1. The van der Waals surface area contributed by atoms with Crippen molar-refractivity contribution >= 4 is 17.4 Å². The van der Waals surface area contributed by atoms with Crippen molar-refractivity contribution in [1.29, 1.82) is 0 Å². The van der Waals surface area contributed by atoms with Crippen LogP contribution in [-0.4, -0.2) is 9.78 Å². The Labute approximate surface area is 122 Å². The zero-order valence-corrected chi connectivity index (χ0v) is 12.3. The number of hydrogen-bond donors (Lipinski definition) is 1. The second-order valence-electron chi connectivity index (χ2n) is 5.93. The number of nitrogen functional groups attached to an aromatic ring is 1. The van der Waals surface area contributed by atoms with Gasteiger partial charge < -0.3 is 5.73 Å². The SMILES string of the molecule is CC1(C)CCCc2nn(-c3c(F)cccc3Cl)c(N)c21. The van der Waals surface area contributed by atoms with E-state index in [2.05, 4.69) is 18.9 Å². The Kier molecular flexibility index (Phi) is 3.01. The summed E-state index contributed by atoms with van der Waals surface area (Å²) in [5, 5.41) is 4.82. The summed E-state index contributed by atoms with van der Waals surface area (Å²) in [7, 11) is 0. The quantitative estimate of drug-likeness (QED) is 0.867. The van der Waals surface area contributed by atoms with Crippen molar-refractivity contribution in [3.05, 3.63) is 40.3 Å². The molecule has 0 radical (unpaired) electrons. The summed E-state index contributed by atoms with van der Waals surface area (Å²) < 4.78 is 15.5. The van der Waals surface area contributed by atoms with Gasteiger partial charge in [-0.25, -0.2) is 9.07 Å². The molecule has 2 aromatic rings. The summed E-state index contributed by atoms with van der Waals surface area (Å²) in [5.41, 5.74) is 8.43. The van der Waals surface area contributed by atoms with Crippen molar-refractivity contribution in [3.63, 3.8) is 0 Å². The van der Waals surface area contributed by atoms with Gasteiger partial charge >= 0.3 is 0 Å². The zero-order chi connectivity index (χ0) is 14.5. The summed E-state index contributed by atoms with van der Waals surface area (Å²) in [4.78, 5) is 0. The summed E-state index contributed by atoms with van der Waals surface area (Å²) in [6.07, 6.45) is 3.00. The number of benzene rings is 1. The number of halogens is 2. The van der Waals surface area contributed by atoms with E-state index in [0.29, 0.717) is 10.8 Å². The van der Waals surface area contributed by atoms with E-state index < -0.39 is 5.82 Å². The van der Waals surface area contributed by atoms with E-state index in [-0.39, 0.29) is 11.1 Å². The largest absolute Gasteiger partial charge is 0.383 e. The Hall–Kier alpha value is -1.55. The molecule has 0 saturated heterocycles. The number of hydrogen-bond acceptors (Lipinski definition) is 2. The Morgan fingerprint density at radius 1 is 1.40 bits per heavy atom. The number of aromatic nitrogens is 2. The molecule has 2 N–H and O–H groups in total. The number of anilines is 1. The maximum atomic E-state index is 14.1. The molecular formula is C15H17ClFN3. The van der Waals surface area contributed by atoms with Crippen molar-refractivity contribution in [2.45, 2.75) is 38.5 Å². The van der Waals surface area contributed by atoms with Gasteiger partial charge in [0.15, 0.2) is 0 Å². The second kappa shape index (κ2) is 4.48. The molecule has 20 heavy (non-hydrogen) atoms. The van der Waals surface area contributed by atoms with Crippen LogP contribution in [0.5, 0.6) is 0 Å². The van der Waals surface area contributed by atoms with E-state index in [9.17, 15) is 4.39 Å². The highest BCUT2D eigenvalue weighted by atomic mass is 35.5. The molecule has 1 aliphatic carbocycles. The van der Waals surface area contributed by atoms with Gasteiger partial charge in [0.1, 0.15) is 17.3 Å². The van der Waals surface area contributed by atoms with Crippen LogP contribution in [0.1, 0.15) is 37.9 Å². The number of para-hydroxylation sites is 1. The Bertz CT molecular complexity index is 656. The van der Waals surface area contributed by atoms with Gasteiger partial charge in [0.2, 0.25) is 0 Å². The molecule has 0 fully saturated rings. The number of rotatable bonds is 1. The Balaban J connectivity index is 2.25. The number of aryl methyl sites for hydroxylation is 1. The molecule has 1 aromatic carbocycles. The normalized spacial score (nSPS) is 17.0. The molecule has 0 amide bonds. The van der Waals surface area contributed by atoms with E-state index in [1.54, 1.807) is 12.1 Å². The molecule has 106 valence electrons. The van der Waals surface area contributed by atoms with Crippen LogP contribution in [0.15, 0.2) is 18.2 Å². The highest BCUT2D eigenvalue weighted by Gasteiger charge is 2.34. The lowest BCUT2D eigenvalue weighted by Crippen LogP contribution is -2.24. The van der Waals surface area contributed by atoms with Crippen molar-refractivity contribution in [3.8, 4) is 5.69 Å². The van der Waals surface area contributed by atoms with Crippen molar-refractivity contribution in [2.24, 2.45) is 0 Å². The standard InChI is InChI=1S/C15H17ClFN3/c1-15(2)8-4-7-11-12(15)14(18)20(19-11)13-9(16)5-3-6-10(13)17/h3,5-6H,4,7-8,18H2,1-2H3. The molecule has 1 aromatic heterocycles. The van der Waals surface area contributed by atoms with Gasteiger partial charge in [0.25, 0.3) is 0 Å². The minimum atomic E-state index is -0.415. The van der Waals surface area contributed by atoms with Crippen LogP contribution in [0.3, 0.4) is 0 Å². The van der Waals surface area contributed by atoms with E-state index in [1.165, 1.54) is 10.7 Å². The predicted molar refractivity (Wildman–Crippen MR) is 78.9 cm³/mol. The first kappa shape index (κ1) is 13.4. The molecule has 0 spiro atoms. The molecule has 3 rings (SSSR count). The topological polar surface area (TPSA) is 43.8 Å². The van der Waals surface area contributed by atoms with Crippen molar-refractivity contribution in [2.75, 3.05) is 5.73 Å². The molecule has 0 unspecified atom stereocenters. The maximum Gasteiger partial charge on any atom is 0.150 e. The summed E-state index contributed by atoms with van der Waals surface area (Å²) >= 11 is 6.11. The van der Waals surface area contributed by atoms with Gasteiger partial charge in [-0.05, 0) is 36.8 Å². The number of nitrogens with zero attached hydrogens (tertiary/aromatic N) is 2. The van der Waals surface area contributed by atoms with Gasteiger partial charge in [0, 0.05) is 5.56 Å². The van der Waals surface area contributed by atoms with Crippen molar-refractivity contribution in [1.82, 2.24) is 9.78 Å². The fraction of sp³-hybridized carbons (Fsp3) is 0.400. The molecule has 3 nitrogen and oxygen atoms in total. The minimum absolute atomic E-state index is 0.0341. The van der Waals surface area contributed by atoms with E-state index >= 15 is 0 Å². The molecule has 0 aliphatic heterocycles. The fourth-order valence-electron chi connectivity index (χ4n) is 3.08. The third-order valence-corrected chi connectivity index (χ3v) is 4.34. The van der Waals surface area contributed by atoms with Crippen LogP contribution < -0.4 is 5.73 Å². The molecule has 1 heterocycles. The highest BCUT2D eigenvalue weighted by molar-refractivity contribution is 6.32. The lowest BCUT2D eigenvalue weighted by Gasteiger charge is -2.29. The van der Waals surface area contributed by atoms with Crippen LogP contribution in [0.2, 0.25) is 5.02 Å². The monoisotopic (exact) mass is 293 g/mol. The fourth-order valence-corrected chi connectivity index (χ4v) is 3.32. The Morgan fingerprint density at radius 3 is 2.80 bits per heavy atom. The van der Waals surface area contributed by atoms with Gasteiger partial charge in [-0.15, -0.1) is 0 Å². The van der Waals surface area contributed by atoms with Crippen LogP contribution in [0.25, 0.3) is 5.69 Å². The van der Waals surface area contributed by atoms with Crippen LogP contribution in [0, 0.1) is 5.82 Å². The molecule has 0 atom stereocenters. The third kappa shape index (κ3) is 1.90. The van der Waals surface area contributed by atoms with E-state index in [4.69, 9.17) is 17.3 Å². The first-order valence-corrected chi connectivity index (χ1v) is 7.12. The van der Waals surface area contributed by atoms with Crippen LogP contribution in [-0.2, 0) is 11.8 Å². The molecule has 5 heteroatoms. The van der Waals surface area contributed by atoms with E-state index in [1.807, 2.05) is 0 Å². The smallest absolute Gasteiger partial charge is 0.150 e. The maximum absolute atomic E-state index is 14.1. The zero-order valence-electron chi connectivity index (χ0n) is 11.6. The second-order valence-corrected chi connectivity index (χ2v) is 6.33. The number of fused-ring (bicyclic) bond motifs is 1. The molecule has 0 bridgehead atoms. The van der Waals surface area contributed by atoms with Crippen LogP contribution in [0.4, 0.5) is 10.2 Å². The van der Waals surface area contributed by atoms with Gasteiger partial charge in [-0.3, -0.25) is 0 Å². The van der Waals surface area contributed by atoms with Crippen molar-refractivity contribution < 1.29 is 4.39 Å². The summed E-state index contributed by atoms with van der Waals surface area (Å²) in [5.74, 6) is 0.0820. The van der Waals surface area contributed by atoms with E-state index in [0.717, 1.165) is 30.5 Å². The Morgan fingerprint density at radius 2 is 2.15 bits per heavy atom. The lowest BCUT2D eigenvalue weighted by atomic mass is 9.75. The highest BCUT2D eigenvalue weighted by Crippen LogP contribution is 2.41. The lowest BCUT2D eigenvalue weighted by molar-refractivity contribution is 0.432. The molecule has 1 aliphatic rings.